The summed E-state index contributed by atoms with van der Waals surface area (Å²) in [7, 11) is 0. The number of esters is 1. The highest BCUT2D eigenvalue weighted by Gasteiger charge is 2.60. The fourth-order valence-corrected chi connectivity index (χ4v) is 15.4. The Morgan fingerprint density at radius 2 is 0.709 bits per heavy atom. The van der Waals surface area contributed by atoms with E-state index < -0.39 is 67.5 Å². The van der Waals surface area contributed by atoms with E-state index in [2.05, 4.69) is 19.7 Å². The van der Waals surface area contributed by atoms with E-state index in [9.17, 15) is 59.4 Å². The molecule has 0 amide bonds. The first-order chi connectivity index (χ1) is 34.9. The van der Waals surface area contributed by atoms with Crippen LogP contribution in [0, 0.1) is 69.5 Å². The average molecular weight is 1140 g/mol. The van der Waals surface area contributed by atoms with Gasteiger partial charge in [-0.25, -0.2) is 19.7 Å². The number of alkyl halides is 8. The molecule has 12 bridgehead atoms. The number of aromatic nitrogens is 6. The van der Waals surface area contributed by atoms with Crippen molar-refractivity contribution in [2.45, 2.75) is 176 Å². The third kappa shape index (κ3) is 14.5. The molecule has 0 spiro atoms. The van der Waals surface area contributed by atoms with Crippen molar-refractivity contribution in [3.05, 3.63) is 56.2 Å². The van der Waals surface area contributed by atoms with Crippen LogP contribution in [0.1, 0.15) is 158 Å². The Bertz CT molecular complexity index is 2250. The number of carbonyl (C=O) groups is 4. The van der Waals surface area contributed by atoms with Crippen LogP contribution >= 0.6 is 0 Å². The number of hydrogen-bond acceptors (Lipinski definition) is 11. The number of carbonyl (C=O) groups excluding carboxylic acids is 3. The van der Waals surface area contributed by atoms with Gasteiger partial charge in [0.15, 0.2) is 6.61 Å². The summed E-state index contributed by atoms with van der Waals surface area (Å²) in [6.07, 6.45) is 33.9. The van der Waals surface area contributed by atoms with Crippen LogP contribution in [-0.4, -0.2) is 123 Å². The van der Waals surface area contributed by atoms with Crippen molar-refractivity contribution < 1.29 is 79.5 Å². The molecule has 3 aromatic rings. The predicted molar refractivity (Wildman–Crippen MR) is 279 cm³/mol. The second kappa shape index (κ2) is 26.4. The van der Waals surface area contributed by atoms with Crippen LogP contribution in [-0.2, 0) is 14.3 Å². The minimum atomic E-state index is -4.59. The van der Waals surface area contributed by atoms with E-state index in [-0.39, 0.29) is 54.0 Å². The highest BCUT2D eigenvalue weighted by molar-refractivity contribution is 5.85. The summed E-state index contributed by atoms with van der Waals surface area (Å²) < 4.78 is 109. The Morgan fingerprint density at radius 3 is 0.975 bits per heavy atom. The fourth-order valence-electron chi connectivity index (χ4n) is 15.4. The molecule has 0 radical (unpaired) electrons. The molecule has 12 fully saturated rings. The van der Waals surface area contributed by atoms with Crippen molar-refractivity contribution in [1.29, 1.82) is 0 Å². The van der Waals surface area contributed by atoms with Gasteiger partial charge in [-0.3, -0.25) is 28.1 Å². The number of carboxylic acids is 1. The molecule has 23 heteroatoms. The van der Waals surface area contributed by atoms with Crippen LogP contribution in [0.2, 0.25) is 0 Å². The number of aliphatic hydroxyl groups is 3. The number of imidazole rings is 3. The summed E-state index contributed by atoms with van der Waals surface area (Å²) in [6, 6.07) is -0.190. The molecule has 15 nitrogen and oxygen atoms in total. The van der Waals surface area contributed by atoms with Crippen molar-refractivity contribution >= 4 is 23.9 Å². The standard InChI is InChI=1S/C15H20F4O3.C14H18N2O.C11H16O2.C7H6N4O.C4H6F4O2.5CH4/c16-14(17,7-20)15(18,19)8-22-12(21)13-4-9-1-10(5-13)3-11(2-9)6-13;17-13(16-2-1-15-9-16)14-6-10-3-11(7-14)5-12(4-10)8-14;12-10(13)11-4-7-1-8(5-11)3-9(2-7)6-11;12-7(10-3-1-8-5-10)11-4-2-9-6-11;5-3(6,1-9)4(7,8)2-10;;;;;/h9-11,20H,1-8H2;1-2,9-12H,3-8H2;7-9H,1-6H2,(H,12,13);1-6H;9-10H,1-2H2;5*1H4. The maximum atomic E-state index is 13.3. The lowest BCUT2D eigenvalue weighted by molar-refractivity contribution is -0.247. The minimum absolute atomic E-state index is 0. The van der Waals surface area contributed by atoms with E-state index in [0.29, 0.717) is 42.9 Å². The fraction of sp³-hybridized carbons (Fsp3) is 0.768. The van der Waals surface area contributed by atoms with E-state index in [1.54, 1.807) is 48.1 Å². The summed E-state index contributed by atoms with van der Waals surface area (Å²) in [4.78, 5) is 59.2. The normalized spacial score (nSPS) is 31.6. The number of nitrogens with zero attached hydrogens (tertiary/aromatic N) is 6. The lowest BCUT2D eigenvalue weighted by atomic mass is 9.49. The zero-order chi connectivity index (χ0) is 53.5. The number of aliphatic carboxylic acids is 1. The topological polar surface area (TPSA) is 212 Å². The van der Waals surface area contributed by atoms with Crippen molar-refractivity contribution in [2.75, 3.05) is 26.4 Å². The Labute approximate surface area is 459 Å². The van der Waals surface area contributed by atoms with Crippen LogP contribution in [0.4, 0.5) is 39.9 Å². The molecule has 0 unspecified atom stereocenters. The summed E-state index contributed by atoms with van der Waals surface area (Å²) in [5.41, 5.74) is -1.07. The summed E-state index contributed by atoms with van der Waals surface area (Å²) in [6.45, 7) is -7.60. The molecular weight excluding hydrogens is 1050 g/mol. The summed E-state index contributed by atoms with van der Waals surface area (Å²) in [5, 5.41) is 33.1. The minimum Gasteiger partial charge on any atom is -0.481 e. The van der Waals surface area contributed by atoms with E-state index >= 15 is 0 Å². The summed E-state index contributed by atoms with van der Waals surface area (Å²) >= 11 is 0. The smallest absolute Gasteiger partial charge is 0.345 e. The number of hydrogen-bond donors (Lipinski definition) is 4. The number of aliphatic hydroxyl groups excluding tert-OH is 3. The van der Waals surface area contributed by atoms with Crippen LogP contribution in [0.3, 0.4) is 0 Å². The SMILES string of the molecule is C.C.C.C.C.O=C(O)C12CC3CC(CC(C3)C1)C2.O=C(OCC(F)(F)C(F)(F)CO)C12CC3CC(CC(C3)C1)C2.O=C(n1ccnc1)C12CC3CC(CC(C3)C1)C2.O=C(n1ccnc1)n1ccnc1.OCC(F)(F)C(F)(F)CO. The molecular formula is C56H86F8N6O9. The van der Waals surface area contributed by atoms with Crippen LogP contribution in [0.5, 0.6) is 0 Å². The van der Waals surface area contributed by atoms with Gasteiger partial charge in [0.2, 0.25) is 5.91 Å². The molecule has 450 valence electrons. The molecule has 0 atom stereocenters. The number of ether oxygens (including phenoxy) is 1. The van der Waals surface area contributed by atoms with Crippen molar-refractivity contribution in [3.8, 4) is 0 Å². The van der Waals surface area contributed by atoms with E-state index in [0.717, 1.165) is 93.3 Å². The molecule has 79 heavy (non-hydrogen) atoms. The number of halogens is 8. The quantitative estimate of drug-likeness (QED) is 0.110. The second-order valence-corrected chi connectivity index (χ2v) is 23.3. The van der Waals surface area contributed by atoms with Crippen molar-refractivity contribution in [1.82, 2.24) is 28.7 Å². The zero-order valence-electron chi connectivity index (χ0n) is 41.0. The number of carboxylic acid groups (broad SMARTS) is 1. The van der Waals surface area contributed by atoms with Gasteiger partial charge in [0.1, 0.15) is 38.8 Å². The molecule has 0 aliphatic heterocycles. The van der Waals surface area contributed by atoms with Crippen molar-refractivity contribution in [3.63, 3.8) is 0 Å². The Morgan fingerprint density at radius 1 is 0.443 bits per heavy atom. The molecule has 12 aliphatic carbocycles. The Balaban J connectivity index is 0.000000262. The first kappa shape index (κ1) is 68.5. The Kier molecular flexibility index (Phi) is 22.9. The van der Waals surface area contributed by atoms with Gasteiger partial charge in [-0.1, -0.05) is 37.1 Å². The first-order valence-electron chi connectivity index (χ1n) is 25.6. The van der Waals surface area contributed by atoms with Gasteiger partial charge in [0.05, 0.1) is 16.2 Å². The maximum absolute atomic E-state index is 13.3. The Hall–Kier alpha value is -4.77. The highest BCUT2D eigenvalue weighted by atomic mass is 19.3. The monoisotopic (exact) mass is 1140 g/mol. The lowest BCUT2D eigenvalue weighted by Crippen LogP contribution is -2.52. The van der Waals surface area contributed by atoms with Gasteiger partial charge < -0.3 is 25.2 Å². The molecule has 4 N–H and O–H groups in total. The van der Waals surface area contributed by atoms with Gasteiger partial charge in [0, 0.05) is 37.2 Å². The molecule has 0 aromatic carbocycles. The maximum Gasteiger partial charge on any atom is 0.345 e. The molecule has 15 rings (SSSR count). The molecule has 12 aliphatic rings. The summed E-state index contributed by atoms with van der Waals surface area (Å²) in [5.74, 6) is -13.2. The average Bonchev–Trinajstić information content (AvgIpc) is 4.21. The molecule has 0 saturated heterocycles. The zero-order valence-corrected chi connectivity index (χ0v) is 41.0. The predicted octanol–water partition coefficient (Wildman–Crippen LogP) is 12.1. The first-order valence-corrected chi connectivity index (χ1v) is 25.6. The third-order valence-corrected chi connectivity index (χ3v) is 17.7. The van der Waals surface area contributed by atoms with Crippen molar-refractivity contribution in [2.24, 2.45) is 69.5 Å². The molecule has 12 saturated carbocycles. The van der Waals surface area contributed by atoms with Gasteiger partial charge in [0.25, 0.3) is 0 Å². The third-order valence-electron chi connectivity index (χ3n) is 17.7. The van der Waals surface area contributed by atoms with Gasteiger partial charge in [-0.15, -0.1) is 0 Å². The van der Waals surface area contributed by atoms with Gasteiger partial charge in [-0.05, 0) is 169 Å². The molecule has 3 heterocycles. The van der Waals surface area contributed by atoms with E-state index in [4.69, 9.17) is 15.3 Å². The lowest BCUT2D eigenvalue weighted by Gasteiger charge is -2.55. The largest absolute Gasteiger partial charge is 0.481 e. The van der Waals surface area contributed by atoms with Crippen LogP contribution in [0.25, 0.3) is 0 Å². The number of rotatable bonds is 10. The van der Waals surface area contributed by atoms with Gasteiger partial charge >= 0.3 is 41.7 Å². The highest BCUT2D eigenvalue weighted by Crippen LogP contribution is 2.63. The molecule has 3 aromatic heterocycles. The van der Waals surface area contributed by atoms with E-state index in [1.165, 1.54) is 60.3 Å². The van der Waals surface area contributed by atoms with Gasteiger partial charge in [-0.2, -0.15) is 35.1 Å². The second-order valence-electron chi connectivity index (χ2n) is 23.3. The van der Waals surface area contributed by atoms with Crippen LogP contribution < -0.4 is 0 Å². The van der Waals surface area contributed by atoms with E-state index in [1.807, 2.05) is 0 Å². The van der Waals surface area contributed by atoms with Crippen LogP contribution in [0.15, 0.2) is 56.2 Å².